The average molecular weight is 656 g/mol. The van der Waals surface area contributed by atoms with E-state index < -0.39 is 5.60 Å². The number of nitrogens with zero attached hydrogens (tertiary/aromatic N) is 2. The van der Waals surface area contributed by atoms with Gasteiger partial charge in [-0.05, 0) is 111 Å². The van der Waals surface area contributed by atoms with Gasteiger partial charge in [-0.25, -0.2) is 9.78 Å². The number of aliphatic hydroxyl groups is 1. The number of hydrogen-bond acceptors (Lipinski definition) is 7. The Morgan fingerprint density at radius 1 is 0.939 bits per heavy atom. The van der Waals surface area contributed by atoms with Crippen LogP contribution in [0.5, 0.6) is 5.75 Å². The van der Waals surface area contributed by atoms with Gasteiger partial charge in [0.1, 0.15) is 11.6 Å². The van der Waals surface area contributed by atoms with Gasteiger partial charge in [-0.2, -0.15) is 0 Å². The molecule has 0 saturated carbocycles. The Balaban J connectivity index is 0.000000758. The maximum Gasteiger partial charge on any atom is 0.338 e. The van der Waals surface area contributed by atoms with E-state index in [0.29, 0.717) is 30.0 Å². The van der Waals surface area contributed by atoms with E-state index in [1.54, 1.807) is 45.0 Å². The van der Waals surface area contributed by atoms with E-state index in [4.69, 9.17) is 24.5 Å². The van der Waals surface area contributed by atoms with Gasteiger partial charge in [0.15, 0.2) is 0 Å². The number of carbonyl (C=O) groups excluding carboxylic acids is 2. The Morgan fingerprint density at radius 2 is 1.63 bits per heavy atom. The van der Waals surface area contributed by atoms with Crippen molar-refractivity contribution in [1.82, 2.24) is 9.97 Å². The van der Waals surface area contributed by atoms with Gasteiger partial charge in [0.05, 0.1) is 35.4 Å². The highest BCUT2D eigenvalue weighted by Gasteiger charge is 2.22. The molecule has 6 aromatic rings. The number of anilines is 1. The zero-order chi connectivity index (χ0) is 34.5. The zero-order valence-corrected chi connectivity index (χ0v) is 28.1. The van der Waals surface area contributed by atoms with Crippen LogP contribution in [0.25, 0.3) is 32.9 Å². The number of benzene rings is 4. The topological polar surface area (TPSA) is 111 Å². The first-order valence-corrected chi connectivity index (χ1v) is 16.3. The molecule has 0 spiro atoms. The summed E-state index contributed by atoms with van der Waals surface area (Å²) in [4.78, 5) is 35.3. The maximum atomic E-state index is 12.9. The van der Waals surface area contributed by atoms with Crippen LogP contribution < -0.4 is 10.1 Å². The van der Waals surface area contributed by atoms with Crippen molar-refractivity contribution in [3.05, 3.63) is 131 Å². The highest BCUT2D eigenvalue weighted by molar-refractivity contribution is 6.08. The average Bonchev–Trinajstić information content (AvgIpc) is 3.09. The summed E-state index contributed by atoms with van der Waals surface area (Å²) < 4.78 is 11.7. The molecule has 0 saturated heterocycles. The van der Waals surface area contributed by atoms with Gasteiger partial charge in [-0.1, -0.05) is 36.4 Å². The minimum Gasteiger partial charge on any atom is -0.493 e. The molecule has 8 nitrogen and oxygen atoms in total. The lowest BCUT2D eigenvalue weighted by Crippen LogP contribution is -2.13. The second-order valence-electron chi connectivity index (χ2n) is 13.0. The third-order valence-corrected chi connectivity index (χ3v) is 8.04. The van der Waals surface area contributed by atoms with E-state index >= 15 is 0 Å². The number of esters is 1. The standard InChI is InChI=1S/C37H29N3O4.C4H10O.H2/c1-23-22-30-28(13-15-32(39-30)40-36(41)25-8-4-2-5-9-25)34(27(23)18-21-44-37(42)26-10-6-3-7-11-26)29-12-14-31-33-24(17-20-43-31)16-19-38-35(29)33;1-4(2,3)5;/h2-16,19,22H,17-18,20-21H2,1H3,(H,39,40,41);5H,1-3H3;1H. The molecule has 1 amide bonds. The van der Waals surface area contributed by atoms with Crippen molar-refractivity contribution in [2.24, 2.45) is 0 Å². The molecular formula is C41H41N3O5. The molecule has 8 heteroatoms. The first kappa shape index (κ1) is 33.3. The van der Waals surface area contributed by atoms with E-state index in [2.05, 4.69) is 17.4 Å². The van der Waals surface area contributed by atoms with Gasteiger partial charge < -0.3 is 19.9 Å². The summed E-state index contributed by atoms with van der Waals surface area (Å²) in [6.07, 6.45) is 3.17. The maximum absolute atomic E-state index is 12.9. The number of fused-ring (bicyclic) bond motifs is 1. The number of amides is 1. The Labute approximate surface area is 287 Å². The smallest absolute Gasteiger partial charge is 0.338 e. The Bertz CT molecular complexity index is 2130. The number of carbonyl (C=O) groups is 2. The molecule has 1 aliphatic rings. The number of nitrogens with one attached hydrogen (secondary N) is 1. The van der Waals surface area contributed by atoms with Crippen molar-refractivity contribution >= 4 is 39.5 Å². The van der Waals surface area contributed by atoms with Gasteiger partial charge in [-0.15, -0.1) is 0 Å². The monoisotopic (exact) mass is 655 g/mol. The SMILES string of the molecule is CC(C)(C)O.Cc1cc2nc(NC(=O)c3ccccc3)ccc2c(-c2ccc3c4c(ccnc24)CCO3)c1CCOC(=O)c1ccccc1.[HH]. The van der Waals surface area contributed by atoms with E-state index in [1.165, 1.54) is 5.56 Å². The number of hydrogen-bond donors (Lipinski definition) is 2. The molecule has 0 unspecified atom stereocenters. The Morgan fingerprint density at radius 3 is 2.35 bits per heavy atom. The van der Waals surface area contributed by atoms with Crippen molar-refractivity contribution in [3.8, 4) is 16.9 Å². The minimum atomic E-state index is -0.500. The van der Waals surface area contributed by atoms with E-state index in [1.807, 2.05) is 73.8 Å². The van der Waals surface area contributed by atoms with Crippen LogP contribution in [0.4, 0.5) is 5.82 Å². The molecule has 7 rings (SSSR count). The highest BCUT2D eigenvalue weighted by Crippen LogP contribution is 2.42. The fourth-order valence-corrected chi connectivity index (χ4v) is 5.93. The summed E-state index contributed by atoms with van der Waals surface area (Å²) in [7, 11) is 0. The third-order valence-electron chi connectivity index (χ3n) is 8.04. The predicted molar refractivity (Wildman–Crippen MR) is 195 cm³/mol. The predicted octanol–water partition coefficient (Wildman–Crippen LogP) is 8.37. The molecule has 0 fully saturated rings. The molecule has 0 aliphatic carbocycles. The van der Waals surface area contributed by atoms with Gasteiger partial charge in [-0.3, -0.25) is 9.78 Å². The molecule has 1 aliphatic heterocycles. The first-order chi connectivity index (χ1) is 23.6. The molecule has 49 heavy (non-hydrogen) atoms. The fourth-order valence-electron chi connectivity index (χ4n) is 5.93. The van der Waals surface area contributed by atoms with Gasteiger partial charge >= 0.3 is 5.97 Å². The van der Waals surface area contributed by atoms with Crippen LogP contribution in [-0.2, 0) is 17.6 Å². The molecule has 250 valence electrons. The molecule has 0 bridgehead atoms. The Hall–Kier alpha value is -5.60. The summed E-state index contributed by atoms with van der Waals surface area (Å²) >= 11 is 0. The lowest BCUT2D eigenvalue weighted by Gasteiger charge is -2.22. The van der Waals surface area contributed by atoms with Crippen molar-refractivity contribution in [2.75, 3.05) is 18.5 Å². The molecular weight excluding hydrogens is 614 g/mol. The van der Waals surface area contributed by atoms with E-state index in [9.17, 15) is 9.59 Å². The normalized spacial score (nSPS) is 12.1. The van der Waals surface area contributed by atoms with Gasteiger partial charge in [0.25, 0.3) is 5.91 Å². The summed E-state index contributed by atoms with van der Waals surface area (Å²) in [6.45, 7) is 8.12. The van der Waals surface area contributed by atoms with Crippen LogP contribution in [0.15, 0.2) is 103 Å². The van der Waals surface area contributed by atoms with Gasteiger partial charge in [0.2, 0.25) is 0 Å². The second kappa shape index (κ2) is 14.3. The summed E-state index contributed by atoms with van der Waals surface area (Å²) in [6, 6.07) is 30.0. The quantitative estimate of drug-likeness (QED) is 0.166. The van der Waals surface area contributed by atoms with E-state index in [-0.39, 0.29) is 19.9 Å². The highest BCUT2D eigenvalue weighted by atomic mass is 16.5. The lowest BCUT2D eigenvalue weighted by molar-refractivity contribution is 0.0509. The summed E-state index contributed by atoms with van der Waals surface area (Å²) in [5, 5.41) is 13.4. The van der Waals surface area contributed by atoms with Crippen molar-refractivity contribution in [1.29, 1.82) is 0 Å². The number of aryl methyl sites for hydroxylation is 1. The fraction of sp³-hybridized carbons (Fsp3) is 0.220. The summed E-state index contributed by atoms with van der Waals surface area (Å²) in [5.74, 6) is 0.715. The van der Waals surface area contributed by atoms with E-state index in [0.717, 1.165) is 56.2 Å². The minimum absolute atomic E-state index is 0. The van der Waals surface area contributed by atoms with Gasteiger partial charge in [0, 0.05) is 42.4 Å². The van der Waals surface area contributed by atoms with Crippen molar-refractivity contribution in [3.63, 3.8) is 0 Å². The third kappa shape index (κ3) is 7.77. The summed E-state index contributed by atoms with van der Waals surface area (Å²) in [5.41, 5.74) is 7.36. The number of pyridine rings is 2. The molecule has 4 aromatic carbocycles. The molecule has 3 heterocycles. The second-order valence-corrected chi connectivity index (χ2v) is 13.0. The largest absolute Gasteiger partial charge is 0.493 e. The Kier molecular flexibility index (Phi) is 9.69. The van der Waals surface area contributed by atoms with Crippen LogP contribution in [0.1, 0.15) is 59.6 Å². The van der Waals surface area contributed by atoms with Crippen LogP contribution in [-0.4, -0.2) is 45.8 Å². The van der Waals surface area contributed by atoms with Crippen molar-refractivity contribution in [2.45, 2.75) is 46.1 Å². The van der Waals surface area contributed by atoms with Crippen molar-refractivity contribution < 1.29 is 25.6 Å². The number of rotatable bonds is 7. The zero-order valence-electron chi connectivity index (χ0n) is 28.1. The lowest BCUT2D eigenvalue weighted by atomic mass is 9.88. The van der Waals surface area contributed by atoms with Crippen LogP contribution >= 0.6 is 0 Å². The number of aromatic nitrogens is 2. The molecule has 0 radical (unpaired) electrons. The molecule has 0 atom stereocenters. The van der Waals surface area contributed by atoms with Crippen LogP contribution in [0.3, 0.4) is 0 Å². The molecule has 2 N–H and O–H groups in total. The van der Waals surface area contributed by atoms with Crippen LogP contribution in [0, 0.1) is 6.92 Å². The van der Waals surface area contributed by atoms with Crippen LogP contribution in [0.2, 0.25) is 0 Å². The first-order valence-electron chi connectivity index (χ1n) is 16.3. The number of ether oxygens (including phenoxy) is 2. The molecule has 2 aromatic heterocycles.